The average Bonchev–Trinajstić information content (AvgIpc) is 2.29. The SMILES string of the molecule is CCCOC(C)C(=O)Nc1ccc(N)cc1. The molecule has 1 aromatic carbocycles. The maximum Gasteiger partial charge on any atom is 0.253 e. The summed E-state index contributed by atoms with van der Waals surface area (Å²) in [7, 11) is 0. The Kier molecular flexibility index (Phi) is 4.79. The first kappa shape index (κ1) is 12.5. The third-order valence-corrected chi connectivity index (χ3v) is 2.12. The van der Waals surface area contributed by atoms with E-state index in [1.54, 1.807) is 31.2 Å². The highest BCUT2D eigenvalue weighted by atomic mass is 16.5. The van der Waals surface area contributed by atoms with Crippen LogP contribution in [-0.2, 0) is 9.53 Å². The molecule has 0 heterocycles. The number of nitrogens with one attached hydrogen (secondary N) is 1. The van der Waals surface area contributed by atoms with E-state index in [-0.39, 0.29) is 5.91 Å². The van der Waals surface area contributed by atoms with E-state index in [1.165, 1.54) is 0 Å². The summed E-state index contributed by atoms with van der Waals surface area (Å²) in [4.78, 5) is 11.6. The third-order valence-electron chi connectivity index (χ3n) is 2.12. The number of amides is 1. The molecular weight excluding hydrogens is 204 g/mol. The zero-order valence-electron chi connectivity index (χ0n) is 9.69. The fourth-order valence-corrected chi connectivity index (χ4v) is 1.18. The number of hydrogen-bond acceptors (Lipinski definition) is 3. The summed E-state index contributed by atoms with van der Waals surface area (Å²) in [5.41, 5.74) is 6.95. The molecule has 16 heavy (non-hydrogen) atoms. The normalized spacial score (nSPS) is 12.1. The summed E-state index contributed by atoms with van der Waals surface area (Å²) < 4.78 is 5.31. The van der Waals surface area contributed by atoms with E-state index >= 15 is 0 Å². The number of benzene rings is 1. The number of carbonyl (C=O) groups excluding carboxylic acids is 1. The van der Waals surface area contributed by atoms with Crippen molar-refractivity contribution in [1.82, 2.24) is 0 Å². The number of carbonyl (C=O) groups is 1. The fraction of sp³-hybridized carbons (Fsp3) is 0.417. The summed E-state index contributed by atoms with van der Waals surface area (Å²) in [5, 5.41) is 2.76. The van der Waals surface area contributed by atoms with Crippen LogP contribution in [0, 0.1) is 0 Å². The van der Waals surface area contributed by atoms with E-state index in [9.17, 15) is 4.79 Å². The molecule has 0 saturated heterocycles. The second kappa shape index (κ2) is 6.12. The van der Waals surface area contributed by atoms with Crippen LogP contribution in [0.2, 0.25) is 0 Å². The topological polar surface area (TPSA) is 64.3 Å². The molecule has 1 unspecified atom stereocenters. The molecule has 0 aliphatic carbocycles. The lowest BCUT2D eigenvalue weighted by atomic mass is 10.2. The quantitative estimate of drug-likeness (QED) is 0.749. The van der Waals surface area contributed by atoms with Crippen LogP contribution in [-0.4, -0.2) is 18.6 Å². The molecule has 0 bridgehead atoms. The van der Waals surface area contributed by atoms with E-state index in [2.05, 4.69) is 5.32 Å². The van der Waals surface area contributed by atoms with Crippen LogP contribution in [0.1, 0.15) is 20.3 Å². The van der Waals surface area contributed by atoms with E-state index in [4.69, 9.17) is 10.5 Å². The van der Waals surface area contributed by atoms with Gasteiger partial charge in [0.05, 0.1) is 0 Å². The van der Waals surface area contributed by atoms with Gasteiger partial charge in [-0.15, -0.1) is 0 Å². The van der Waals surface area contributed by atoms with Crippen molar-refractivity contribution in [2.24, 2.45) is 0 Å². The highest BCUT2D eigenvalue weighted by Gasteiger charge is 2.12. The van der Waals surface area contributed by atoms with Crippen molar-refractivity contribution < 1.29 is 9.53 Å². The standard InChI is InChI=1S/C12H18N2O2/c1-3-8-16-9(2)12(15)14-11-6-4-10(13)5-7-11/h4-7,9H,3,8,13H2,1-2H3,(H,14,15). The van der Waals surface area contributed by atoms with Gasteiger partial charge in [-0.05, 0) is 37.6 Å². The second-order valence-electron chi connectivity index (χ2n) is 3.62. The number of nitrogens with two attached hydrogens (primary N) is 1. The lowest BCUT2D eigenvalue weighted by Crippen LogP contribution is -2.27. The fourth-order valence-electron chi connectivity index (χ4n) is 1.18. The molecule has 1 aromatic rings. The Morgan fingerprint density at radius 2 is 2.06 bits per heavy atom. The van der Waals surface area contributed by atoms with Gasteiger partial charge in [-0.2, -0.15) is 0 Å². The molecule has 3 N–H and O–H groups in total. The van der Waals surface area contributed by atoms with Crippen LogP contribution < -0.4 is 11.1 Å². The predicted octanol–water partition coefficient (Wildman–Crippen LogP) is 2.02. The Morgan fingerprint density at radius 1 is 1.44 bits per heavy atom. The van der Waals surface area contributed by atoms with Gasteiger partial charge in [-0.1, -0.05) is 6.92 Å². The number of ether oxygens (including phenoxy) is 1. The molecule has 4 heteroatoms. The summed E-state index contributed by atoms with van der Waals surface area (Å²) in [6.07, 6.45) is 0.469. The lowest BCUT2D eigenvalue weighted by molar-refractivity contribution is -0.126. The van der Waals surface area contributed by atoms with E-state index in [0.717, 1.165) is 12.1 Å². The van der Waals surface area contributed by atoms with Gasteiger partial charge < -0.3 is 15.8 Å². The van der Waals surface area contributed by atoms with Crippen molar-refractivity contribution >= 4 is 17.3 Å². The molecule has 1 rings (SSSR count). The minimum atomic E-state index is -0.433. The molecule has 0 aliphatic heterocycles. The first-order chi connectivity index (χ1) is 7.63. The first-order valence-corrected chi connectivity index (χ1v) is 5.41. The zero-order chi connectivity index (χ0) is 12.0. The van der Waals surface area contributed by atoms with Gasteiger partial charge in [0.1, 0.15) is 6.10 Å². The van der Waals surface area contributed by atoms with Crippen molar-refractivity contribution in [2.75, 3.05) is 17.7 Å². The predicted molar refractivity (Wildman–Crippen MR) is 65.2 cm³/mol. The Morgan fingerprint density at radius 3 is 2.62 bits per heavy atom. The van der Waals surface area contributed by atoms with Crippen LogP contribution >= 0.6 is 0 Å². The average molecular weight is 222 g/mol. The highest BCUT2D eigenvalue weighted by Crippen LogP contribution is 2.11. The Labute approximate surface area is 95.8 Å². The van der Waals surface area contributed by atoms with Crippen LogP contribution in [0.3, 0.4) is 0 Å². The van der Waals surface area contributed by atoms with Gasteiger partial charge in [0.2, 0.25) is 0 Å². The minimum Gasteiger partial charge on any atom is -0.399 e. The van der Waals surface area contributed by atoms with Crippen molar-refractivity contribution in [2.45, 2.75) is 26.4 Å². The molecule has 0 saturated carbocycles. The first-order valence-electron chi connectivity index (χ1n) is 5.41. The second-order valence-corrected chi connectivity index (χ2v) is 3.62. The van der Waals surface area contributed by atoms with Crippen LogP contribution in [0.4, 0.5) is 11.4 Å². The molecule has 88 valence electrons. The van der Waals surface area contributed by atoms with Crippen molar-refractivity contribution in [3.8, 4) is 0 Å². The molecule has 0 aromatic heterocycles. The number of hydrogen-bond donors (Lipinski definition) is 2. The van der Waals surface area contributed by atoms with E-state index in [0.29, 0.717) is 12.3 Å². The smallest absolute Gasteiger partial charge is 0.253 e. The molecule has 0 spiro atoms. The summed E-state index contributed by atoms with van der Waals surface area (Å²) >= 11 is 0. The van der Waals surface area contributed by atoms with E-state index in [1.807, 2.05) is 6.92 Å². The summed E-state index contributed by atoms with van der Waals surface area (Å²) in [5.74, 6) is -0.141. The zero-order valence-corrected chi connectivity index (χ0v) is 9.69. The minimum absolute atomic E-state index is 0.141. The Hall–Kier alpha value is -1.55. The van der Waals surface area contributed by atoms with Crippen LogP contribution in [0.15, 0.2) is 24.3 Å². The lowest BCUT2D eigenvalue weighted by Gasteiger charge is -2.12. The van der Waals surface area contributed by atoms with Gasteiger partial charge in [0.15, 0.2) is 0 Å². The molecule has 0 radical (unpaired) electrons. The van der Waals surface area contributed by atoms with Gasteiger partial charge in [0.25, 0.3) is 5.91 Å². The number of nitrogen functional groups attached to an aromatic ring is 1. The maximum atomic E-state index is 11.6. The van der Waals surface area contributed by atoms with Gasteiger partial charge >= 0.3 is 0 Å². The highest BCUT2D eigenvalue weighted by molar-refractivity contribution is 5.93. The van der Waals surface area contributed by atoms with Gasteiger partial charge in [-0.3, -0.25) is 4.79 Å². The molecule has 1 amide bonds. The monoisotopic (exact) mass is 222 g/mol. The summed E-state index contributed by atoms with van der Waals surface area (Å²) in [6.45, 7) is 4.34. The van der Waals surface area contributed by atoms with Crippen LogP contribution in [0.5, 0.6) is 0 Å². The maximum absolute atomic E-state index is 11.6. The summed E-state index contributed by atoms with van der Waals surface area (Å²) in [6, 6.07) is 7.01. The Bertz CT molecular complexity index is 335. The molecular formula is C12H18N2O2. The molecule has 0 aliphatic rings. The van der Waals surface area contributed by atoms with Crippen LogP contribution in [0.25, 0.3) is 0 Å². The number of anilines is 2. The van der Waals surface area contributed by atoms with Gasteiger partial charge in [-0.25, -0.2) is 0 Å². The number of rotatable bonds is 5. The van der Waals surface area contributed by atoms with E-state index < -0.39 is 6.10 Å². The van der Waals surface area contributed by atoms with Crippen molar-refractivity contribution in [3.63, 3.8) is 0 Å². The third kappa shape index (κ3) is 3.90. The molecule has 1 atom stereocenters. The largest absolute Gasteiger partial charge is 0.399 e. The molecule has 0 fully saturated rings. The van der Waals surface area contributed by atoms with Gasteiger partial charge in [0, 0.05) is 18.0 Å². The van der Waals surface area contributed by atoms with Crippen molar-refractivity contribution in [3.05, 3.63) is 24.3 Å². The molecule has 4 nitrogen and oxygen atoms in total. The van der Waals surface area contributed by atoms with Crippen molar-refractivity contribution in [1.29, 1.82) is 0 Å². The Balaban J connectivity index is 2.47.